The van der Waals surface area contributed by atoms with Gasteiger partial charge in [-0.1, -0.05) is 42.5 Å². The summed E-state index contributed by atoms with van der Waals surface area (Å²) in [5, 5.41) is 9.70. The number of nitrogens with zero attached hydrogens (tertiary/aromatic N) is 2. The Labute approximate surface area is 131 Å². The van der Waals surface area contributed by atoms with Gasteiger partial charge < -0.3 is 10.0 Å². The van der Waals surface area contributed by atoms with E-state index in [0.29, 0.717) is 12.1 Å². The van der Waals surface area contributed by atoms with Gasteiger partial charge >= 0.3 is 0 Å². The Morgan fingerprint density at radius 3 is 2.68 bits per heavy atom. The van der Waals surface area contributed by atoms with Crippen LogP contribution in [0.1, 0.15) is 22.7 Å². The fourth-order valence-electron chi connectivity index (χ4n) is 4.09. The number of hydrogen-bond acceptors (Lipinski definition) is 3. The van der Waals surface area contributed by atoms with Crippen LogP contribution in [0.15, 0.2) is 48.5 Å². The summed E-state index contributed by atoms with van der Waals surface area (Å²) < 4.78 is 0. The highest BCUT2D eigenvalue weighted by molar-refractivity contribution is 5.58. The molecule has 1 N–H and O–H groups in total. The van der Waals surface area contributed by atoms with Crippen LogP contribution in [0.25, 0.3) is 0 Å². The van der Waals surface area contributed by atoms with Gasteiger partial charge in [0.1, 0.15) is 0 Å². The molecule has 1 aliphatic carbocycles. The van der Waals surface area contributed by atoms with E-state index in [1.807, 2.05) is 12.1 Å². The Kier molecular flexibility index (Phi) is 3.40. The van der Waals surface area contributed by atoms with Gasteiger partial charge in [-0.2, -0.15) is 0 Å². The van der Waals surface area contributed by atoms with Crippen molar-refractivity contribution in [2.75, 3.05) is 25.0 Å². The van der Waals surface area contributed by atoms with Crippen molar-refractivity contribution in [1.82, 2.24) is 4.90 Å². The number of fused-ring (bicyclic) bond motifs is 3. The van der Waals surface area contributed by atoms with E-state index in [0.717, 1.165) is 25.1 Å². The van der Waals surface area contributed by atoms with E-state index in [9.17, 15) is 5.11 Å². The molecule has 2 aromatic carbocycles. The summed E-state index contributed by atoms with van der Waals surface area (Å²) in [4.78, 5) is 4.99. The summed E-state index contributed by atoms with van der Waals surface area (Å²) >= 11 is 0. The molecule has 0 bridgehead atoms. The standard InChI is InChI=1S/C19H22N2O/c1-20-10-11-21(17-9-5-3-7-15(17)13-22)19-16-8-4-2-6-14(16)12-18(19)20/h2-9,18-19,22H,10-13H2,1H3. The molecule has 2 atom stereocenters. The van der Waals surface area contributed by atoms with Crippen LogP contribution in [-0.4, -0.2) is 36.2 Å². The molecule has 1 aliphatic heterocycles. The molecule has 2 unspecified atom stereocenters. The molecule has 22 heavy (non-hydrogen) atoms. The van der Waals surface area contributed by atoms with Crippen LogP contribution in [0.5, 0.6) is 0 Å². The minimum atomic E-state index is 0.0988. The topological polar surface area (TPSA) is 26.7 Å². The molecule has 4 rings (SSSR count). The second-order valence-corrected chi connectivity index (χ2v) is 6.38. The lowest BCUT2D eigenvalue weighted by Crippen LogP contribution is -2.52. The number of hydrogen-bond donors (Lipinski definition) is 1. The van der Waals surface area contributed by atoms with Gasteiger partial charge in [0, 0.05) is 30.4 Å². The molecule has 2 aliphatic rings. The van der Waals surface area contributed by atoms with Crippen LogP contribution >= 0.6 is 0 Å². The first kappa shape index (κ1) is 13.8. The summed E-state index contributed by atoms with van der Waals surface area (Å²) in [7, 11) is 2.23. The molecule has 114 valence electrons. The molecular formula is C19H22N2O. The van der Waals surface area contributed by atoms with Crippen LogP contribution in [0.3, 0.4) is 0 Å². The minimum absolute atomic E-state index is 0.0988. The predicted molar refractivity (Wildman–Crippen MR) is 89.0 cm³/mol. The lowest BCUT2D eigenvalue weighted by atomic mass is 9.99. The maximum absolute atomic E-state index is 9.70. The predicted octanol–water partition coefficient (Wildman–Crippen LogP) is 2.60. The molecule has 1 heterocycles. The van der Waals surface area contributed by atoms with Gasteiger partial charge in [-0.05, 0) is 30.7 Å². The Morgan fingerprint density at radius 1 is 1.05 bits per heavy atom. The summed E-state index contributed by atoms with van der Waals surface area (Å²) in [5.74, 6) is 0. The van der Waals surface area contributed by atoms with Crippen molar-refractivity contribution < 1.29 is 5.11 Å². The van der Waals surface area contributed by atoms with Crippen LogP contribution in [-0.2, 0) is 13.0 Å². The van der Waals surface area contributed by atoms with Gasteiger partial charge in [-0.3, -0.25) is 4.90 Å². The Balaban J connectivity index is 1.80. The zero-order valence-electron chi connectivity index (χ0n) is 12.9. The largest absolute Gasteiger partial charge is 0.392 e. The first-order chi connectivity index (χ1) is 10.8. The highest BCUT2D eigenvalue weighted by Crippen LogP contribution is 2.43. The van der Waals surface area contributed by atoms with E-state index >= 15 is 0 Å². The summed E-state index contributed by atoms with van der Waals surface area (Å²) in [6, 6.07) is 18.0. The number of piperazine rings is 1. The lowest BCUT2D eigenvalue weighted by Gasteiger charge is -2.45. The van der Waals surface area contributed by atoms with Gasteiger partial charge in [0.15, 0.2) is 0 Å². The number of para-hydroxylation sites is 1. The Morgan fingerprint density at radius 2 is 1.82 bits per heavy atom. The quantitative estimate of drug-likeness (QED) is 0.922. The summed E-state index contributed by atoms with van der Waals surface area (Å²) in [5.41, 5.74) is 5.13. The third-order valence-corrected chi connectivity index (χ3v) is 5.23. The van der Waals surface area contributed by atoms with Crippen LogP contribution in [0.2, 0.25) is 0 Å². The van der Waals surface area contributed by atoms with Crippen LogP contribution < -0.4 is 4.90 Å². The molecule has 2 aromatic rings. The first-order valence-corrected chi connectivity index (χ1v) is 8.03. The monoisotopic (exact) mass is 294 g/mol. The summed E-state index contributed by atoms with van der Waals surface area (Å²) in [6.07, 6.45) is 1.12. The van der Waals surface area contributed by atoms with Gasteiger partial charge in [-0.25, -0.2) is 0 Å². The molecular weight excluding hydrogens is 272 g/mol. The van der Waals surface area contributed by atoms with Crippen molar-refractivity contribution in [3.63, 3.8) is 0 Å². The lowest BCUT2D eigenvalue weighted by molar-refractivity contribution is 0.186. The highest BCUT2D eigenvalue weighted by atomic mass is 16.3. The third-order valence-electron chi connectivity index (χ3n) is 5.23. The van der Waals surface area contributed by atoms with Gasteiger partial charge in [0.05, 0.1) is 12.6 Å². The molecule has 3 nitrogen and oxygen atoms in total. The Hall–Kier alpha value is -1.84. The number of anilines is 1. The normalized spacial score (nSPS) is 24.2. The van der Waals surface area contributed by atoms with Crippen LogP contribution in [0, 0.1) is 0 Å². The Bertz CT molecular complexity index is 685. The van der Waals surface area contributed by atoms with Crippen molar-refractivity contribution in [2.24, 2.45) is 0 Å². The van der Waals surface area contributed by atoms with Gasteiger partial charge in [0.2, 0.25) is 0 Å². The molecule has 0 saturated carbocycles. The number of aliphatic hydroxyl groups is 1. The molecule has 0 spiro atoms. The number of aliphatic hydroxyl groups excluding tert-OH is 1. The SMILES string of the molecule is CN1CCN(c2ccccc2CO)C2c3ccccc3CC21. The average molecular weight is 294 g/mol. The van der Waals surface area contributed by atoms with E-state index in [-0.39, 0.29) is 6.61 Å². The second-order valence-electron chi connectivity index (χ2n) is 6.38. The molecule has 0 amide bonds. The van der Waals surface area contributed by atoms with Crippen molar-refractivity contribution in [3.05, 3.63) is 65.2 Å². The molecule has 0 radical (unpaired) electrons. The van der Waals surface area contributed by atoms with E-state index in [4.69, 9.17) is 0 Å². The van der Waals surface area contributed by atoms with E-state index in [1.165, 1.54) is 16.8 Å². The number of likely N-dealkylation sites (N-methyl/N-ethyl adjacent to an activating group) is 1. The zero-order valence-corrected chi connectivity index (χ0v) is 12.9. The smallest absolute Gasteiger partial charge is 0.0704 e. The van der Waals surface area contributed by atoms with Crippen molar-refractivity contribution >= 4 is 5.69 Å². The van der Waals surface area contributed by atoms with Gasteiger partial charge in [-0.15, -0.1) is 0 Å². The third kappa shape index (κ3) is 2.04. The van der Waals surface area contributed by atoms with Crippen molar-refractivity contribution in [2.45, 2.75) is 25.1 Å². The number of rotatable bonds is 2. The van der Waals surface area contributed by atoms with Crippen molar-refractivity contribution in [3.8, 4) is 0 Å². The highest BCUT2D eigenvalue weighted by Gasteiger charge is 2.41. The molecule has 0 aromatic heterocycles. The summed E-state index contributed by atoms with van der Waals surface area (Å²) in [6.45, 7) is 2.17. The van der Waals surface area contributed by atoms with E-state index in [1.54, 1.807) is 0 Å². The fraction of sp³-hybridized carbons (Fsp3) is 0.368. The molecule has 1 saturated heterocycles. The average Bonchev–Trinajstić information content (AvgIpc) is 2.96. The molecule has 1 fully saturated rings. The zero-order chi connectivity index (χ0) is 15.1. The van der Waals surface area contributed by atoms with E-state index in [2.05, 4.69) is 53.2 Å². The van der Waals surface area contributed by atoms with Gasteiger partial charge in [0.25, 0.3) is 0 Å². The van der Waals surface area contributed by atoms with Crippen LogP contribution in [0.4, 0.5) is 5.69 Å². The second kappa shape index (κ2) is 5.41. The fourth-order valence-corrected chi connectivity index (χ4v) is 4.09. The number of benzene rings is 2. The van der Waals surface area contributed by atoms with Crippen molar-refractivity contribution in [1.29, 1.82) is 0 Å². The maximum atomic E-state index is 9.70. The maximum Gasteiger partial charge on any atom is 0.0704 e. The minimum Gasteiger partial charge on any atom is -0.392 e. The van der Waals surface area contributed by atoms with E-state index < -0.39 is 0 Å². The molecule has 3 heteroatoms. The first-order valence-electron chi connectivity index (χ1n) is 8.03.